The average molecular weight is 411 g/mol. The van der Waals surface area contributed by atoms with Crippen molar-refractivity contribution in [2.45, 2.75) is 37.0 Å². The van der Waals surface area contributed by atoms with Crippen molar-refractivity contribution in [3.8, 4) is 0 Å². The molecule has 0 aliphatic carbocycles. The first-order chi connectivity index (χ1) is 12.3. The van der Waals surface area contributed by atoms with Gasteiger partial charge in [-0.25, -0.2) is 8.42 Å². The number of nitrogens with two attached hydrogens (primary N) is 1. The van der Waals surface area contributed by atoms with Crippen LogP contribution >= 0.6 is 12.4 Å². The van der Waals surface area contributed by atoms with Crippen LogP contribution in [0.5, 0.6) is 0 Å². The molecule has 7 heteroatoms. The summed E-state index contributed by atoms with van der Waals surface area (Å²) in [6.45, 7) is 4.47. The van der Waals surface area contributed by atoms with Crippen LogP contribution in [0, 0.1) is 5.92 Å². The molecule has 5 nitrogen and oxygen atoms in total. The van der Waals surface area contributed by atoms with Gasteiger partial charge in [0.2, 0.25) is 0 Å². The largest absolute Gasteiger partial charge is 0.348 e. The van der Waals surface area contributed by atoms with Gasteiger partial charge in [0, 0.05) is 18.2 Å². The van der Waals surface area contributed by atoms with Crippen LogP contribution in [-0.4, -0.2) is 26.9 Å². The molecule has 148 valence electrons. The van der Waals surface area contributed by atoms with E-state index >= 15 is 0 Å². The second-order valence-electron chi connectivity index (χ2n) is 6.81. The molecule has 0 saturated carbocycles. The summed E-state index contributed by atoms with van der Waals surface area (Å²) in [5.74, 6) is -0.00295. The average Bonchev–Trinajstić information content (AvgIpc) is 2.61. The van der Waals surface area contributed by atoms with Crippen LogP contribution in [0.4, 0.5) is 0 Å². The van der Waals surface area contributed by atoms with Crippen molar-refractivity contribution in [2.75, 3.05) is 6.54 Å². The molecule has 0 spiro atoms. The van der Waals surface area contributed by atoms with E-state index in [1.54, 1.807) is 36.4 Å². The summed E-state index contributed by atoms with van der Waals surface area (Å²) in [7, 11) is -3.53. The Balaban J connectivity index is 0.00000364. The van der Waals surface area contributed by atoms with Crippen molar-refractivity contribution < 1.29 is 13.2 Å². The Morgan fingerprint density at radius 3 is 2.33 bits per heavy atom. The number of benzene rings is 2. The van der Waals surface area contributed by atoms with E-state index in [0.29, 0.717) is 23.6 Å². The van der Waals surface area contributed by atoms with E-state index in [2.05, 4.69) is 19.2 Å². The van der Waals surface area contributed by atoms with Gasteiger partial charge < -0.3 is 11.1 Å². The first-order valence-electron chi connectivity index (χ1n) is 8.69. The van der Waals surface area contributed by atoms with Gasteiger partial charge in [-0.15, -0.1) is 12.4 Å². The predicted molar refractivity (Wildman–Crippen MR) is 111 cm³/mol. The van der Waals surface area contributed by atoms with Gasteiger partial charge >= 0.3 is 0 Å². The second-order valence-corrected chi connectivity index (χ2v) is 8.80. The molecule has 0 aromatic heterocycles. The Labute approximate surface area is 167 Å². The van der Waals surface area contributed by atoms with Crippen molar-refractivity contribution >= 4 is 28.2 Å². The van der Waals surface area contributed by atoms with Gasteiger partial charge in [0.25, 0.3) is 5.91 Å². The summed E-state index contributed by atoms with van der Waals surface area (Å²) in [5, 5.41) is 2.88. The second kappa shape index (κ2) is 10.4. The number of amides is 1. The molecule has 0 saturated heterocycles. The van der Waals surface area contributed by atoms with Gasteiger partial charge in [-0.05, 0) is 36.1 Å². The van der Waals surface area contributed by atoms with Crippen LogP contribution in [0.25, 0.3) is 0 Å². The minimum absolute atomic E-state index is 0. The molecule has 1 atom stereocenters. The van der Waals surface area contributed by atoms with Crippen molar-refractivity contribution in [3.05, 3.63) is 65.7 Å². The first-order valence-corrected chi connectivity index (χ1v) is 10.3. The molecular formula is C20H27ClN2O3S. The summed E-state index contributed by atoms with van der Waals surface area (Å²) in [4.78, 5) is 12.6. The highest BCUT2D eigenvalue weighted by molar-refractivity contribution is 7.90. The van der Waals surface area contributed by atoms with E-state index in [9.17, 15) is 13.2 Å². The number of sulfone groups is 1. The molecule has 3 N–H and O–H groups in total. The first kappa shape index (κ1) is 23.1. The van der Waals surface area contributed by atoms with E-state index in [1.165, 1.54) is 12.1 Å². The zero-order chi connectivity index (χ0) is 19.2. The lowest BCUT2D eigenvalue weighted by molar-refractivity contribution is 0.0933. The normalized spacial score (nSPS) is 12.3. The number of rotatable bonds is 8. The Morgan fingerprint density at radius 2 is 1.74 bits per heavy atom. The van der Waals surface area contributed by atoms with Crippen molar-refractivity contribution in [1.82, 2.24) is 5.32 Å². The number of hydrogen-bond acceptors (Lipinski definition) is 4. The van der Waals surface area contributed by atoms with Crippen molar-refractivity contribution in [2.24, 2.45) is 11.7 Å². The highest BCUT2D eigenvalue weighted by Gasteiger charge is 2.19. The molecule has 0 aliphatic rings. The van der Waals surface area contributed by atoms with Gasteiger partial charge in [0.05, 0.1) is 10.6 Å². The molecule has 1 amide bonds. The summed E-state index contributed by atoms with van der Waals surface area (Å²) in [5.41, 5.74) is 6.75. The number of hydrogen-bond donors (Lipinski definition) is 2. The molecule has 2 rings (SSSR count). The molecule has 0 radical (unpaired) electrons. The van der Waals surface area contributed by atoms with Crippen LogP contribution in [0.3, 0.4) is 0 Å². The van der Waals surface area contributed by atoms with Crippen molar-refractivity contribution in [3.63, 3.8) is 0 Å². The van der Waals surface area contributed by atoms with E-state index in [1.807, 2.05) is 6.07 Å². The summed E-state index contributed by atoms with van der Waals surface area (Å²) in [6, 6.07) is 15.0. The predicted octanol–water partition coefficient (Wildman–Crippen LogP) is 3.19. The maximum Gasteiger partial charge on any atom is 0.251 e. The highest BCUT2D eigenvalue weighted by Crippen LogP contribution is 2.18. The molecular weight excluding hydrogens is 384 g/mol. The minimum Gasteiger partial charge on any atom is -0.348 e. The quantitative estimate of drug-likeness (QED) is 0.699. The highest BCUT2D eigenvalue weighted by atomic mass is 35.5. The molecule has 0 fully saturated rings. The number of carbonyl (C=O) groups is 1. The lowest BCUT2D eigenvalue weighted by Crippen LogP contribution is -2.41. The lowest BCUT2D eigenvalue weighted by Gasteiger charge is -2.19. The Bertz CT molecular complexity index is 839. The number of nitrogens with one attached hydrogen (secondary N) is 1. The topological polar surface area (TPSA) is 89.3 Å². The standard InChI is InChI=1S/C20H26N2O3S.ClH/c1-15(2)11-18(13-21)22-20(23)17-9-6-10-19(12-17)26(24,25)14-16-7-4-3-5-8-16;/h3-10,12,15,18H,11,13-14,21H2,1-2H3,(H,22,23);1H. The lowest BCUT2D eigenvalue weighted by atomic mass is 10.0. The van der Waals surface area contributed by atoms with Crippen LogP contribution in [0.1, 0.15) is 36.2 Å². The SMILES string of the molecule is CC(C)CC(CN)NC(=O)c1cccc(S(=O)(=O)Cc2ccccc2)c1.Cl. The van der Waals surface area contributed by atoms with Gasteiger partial charge in [0.1, 0.15) is 0 Å². The summed E-state index contributed by atoms with van der Waals surface area (Å²) < 4.78 is 25.3. The molecule has 0 heterocycles. The maximum atomic E-state index is 12.6. The van der Waals surface area contributed by atoms with Crippen LogP contribution in [-0.2, 0) is 15.6 Å². The van der Waals surface area contributed by atoms with Gasteiger partial charge in [0.15, 0.2) is 9.84 Å². The van der Waals surface area contributed by atoms with E-state index in [0.717, 1.165) is 6.42 Å². The molecule has 2 aromatic rings. The third-order valence-corrected chi connectivity index (χ3v) is 5.72. The third-order valence-electron chi connectivity index (χ3n) is 4.03. The van der Waals surface area contributed by atoms with Gasteiger partial charge in [-0.1, -0.05) is 50.2 Å². The fourth-order valence-corrected chi connectivity index (χ4v) is 4.15. The number of carbonyl (C=O) groups excluding carboxylic acids is 1. The Morgan fingerprint density at radius 1 is 1.07 bits per heavy atom. The van der Waals surface area contributed by atoms with Gasteiger partial charge in [-0.3, -0.25) is 4.79 Å². The van der Waals surface area contributed by atoms with E-state index in [4.69, 9.17) is 5.73 Å². The molecule has 2 aromatic carbocycles. The Hall–Kier alpha value is -1.89. The molecule has 0 aliphatic heterocycles. The van der Waals surface area contributed by atoms with Crippen LogP contribution < -0.4 is 11.1 Å². The third kappa shape index (κ3) is 6.97. The molecule has 1 unspecified atom stereocenters. The zero-order valence-electron chi connectivity index (χ0n) is 15.6. The Kier molecular flexibility index (Phi) is 8.96. The van der Waals surface area contributed by atoms with Crippen molar-refractivity contribution in [1.29, 1.82) is 0 Å². The van der Waals surface area contributed by atoms with Gasteiger partial charge in [-0.2, -0.15) is 0 Å². The van der Waals surface area contributed by atoms with Crippen LogP contribution in [0.15, 0.2) is 59.5 Å². The summed E-state index contributed by atoms with van der Waals surface area (Å²) in [6.07, 6.45) is 0.772. The smallest absolute Gasteiger partial charge is 0.251 e. The molecule has 27 heavy (non-hydrogen) atoms. The minimum atomic E-state index is -3.53. The zero-order valence-corrected chi connectivity index (χ0v) is 17.2. The number of halogens is 1. The summed E-state index contributed by atoms with van der Waals surface area (Å²) >= 11 is 0. The fraction of sp³-hybridized carbons (Fsp3) is 0.350. The maximum absolute atomic E-state index is 12.6. The van der Waals surface area contributed by atoms with E-state index in [-0.39, 0.29) is 35.0 Å². The monoisotopic (exact) mass is 410 g/mol. The van der Waals surface area contributed by atoms with Crippen LogP contribution in [0.2, 0.25) is 0 Å². The molecule has 0 bridgehead atoms. The van der Waals surface area contributed by atoms with E-state index < -0.39 is 9.84 Å². The fourth-order valence-electron chi connectivity index (χ4n) is 2.76.